The lowest BCUT2D eigenvalue weighted by molar-refractivity contribution is -0.115. The second-order valence-electron chi connectivity index (χ2n) is 7.40. The summed E-state index contributed by atoms with van der Waals surface area (Å²) in [6.45, 7) is 1.92. The molecule has 4 aromatic heterocycles. The first-order valence-electron chi connectivity index (χ1n) is 10.6. The monoisotopic (exact) mass is 475 g/mol. The second-order valence-corrected chi connectivity index (χ2v) is 8.59. The molecule has 34 heavy (non-hydrogen) atoms. The van der Waals surface area contributed by atoms with Gasteiger partial charge in [-0.1, -0.05) is 36.9 Å². The van der Waals surface area contributed by atoms with Gasteiger partial charge in [-0.2, -0.15) is 0 Å². The molecule has 0 bridgehead atoms. The van der Waals surface area contributed by atoms with Crippen molar-refractivity contribution in [2.45, 2.75) is 23.8 Å². The van der Waals surface area contributed by atoms with E-state index in [0.29, 0.717) is 46.0 Å². The summed E-state index contributed by atoms with van der Waals surface area (Å²) in [6, 6.07) is 17.7. The van der Waals surface area contributed by atoms with E-state index >= 15 is 0 Å². The van der Waals surface area contributed by atoms with Crippen LogP contribution in [0.4, 0.5) is 5.82 Å². The minimum Gasteiger partial charge on any atom is -0.463 e. The molecule has 0 aliphatic rings. The minimum absolute atomic E-state index is 0.246. The first kappa shape index (κ1) is 21.7. The van der Waals surface area contributed by atoms with Gasteiger partial charge in [0.1, 0.15) is 17.2 Å². The van der Waals surface area contributed by atoms with Crippen LogP contribution in [0.25, 0.3) is 28.6 Å². The molecule has 1 atom stereocenters. The molecule has 9 nitrogen and oxygen atoms in total. The van der Waals surface area contributed by atoms with Crippen LogP contribution >= 0.6 is 11.8 Å². The van der Waals surface area contributed by atoms with E-state index < -0.39 is 5.25 Å². The van der Waals surface area contributed by atoms with E-state index in [4.69, 9.17) is 8.83 Å². The summed E-state index contributed by atoms with van der Waals surface area (Å²) in [5, 5.41) is 5.84. The average Bonchev–Trinajstić information content (AvgIpc) is 3.65. The number of carbonyl (C=O) groups excluding carboxylic acids is 1. The summed E-state index contributed by atoms with van der Waals surface area (Å²) >= 11 is 1.29. The number of H-pyrrole nitrogens is 2. The Kier molecular flexibility index (Phi) is 5.96. The van der Waals surface area contributed by atoms with Crippen LogP contribution < -0.4 is 10.9 Å². The number of hydrogen-bond acceptors (Lipinski definition) is 6. The molecule has 0 saturated heterocycles. The number of hydrogen-bond donors (Lipinski definition) is 3. The molecule has 3 N–H and O–H groups in total. The van der Waals surface area contributed by atoms with Gasteiger partial charge in [-0.25, -0.2) is 9.67 Å². The van der Waals surface area contributed by atoms with Gasteiger partial charge in [0.25, 0.3) is 5.56 Å². The van der Waals surface area contributed by atoms with Crippen LogP contribution in [0.1, 0.15) is 13.3 Å². The van der Waals surface area contributed by atoms with Gasteiger partial charge >= 0.3 is 0 Å². The van der Waals surface area contributed by atoms with E-state index in [1.54, 1.807) is 36.8 Å². The standard InChI is InChI=1S/C24H21N5O4S/c1-2-18(23(31)25-19-14-20(30)29(28-19)15-8-4-3-5-9-15)34-24-26-21(16-10-6-12-32-16)22(27-24)17-11-7-13-33-17/h3-14,18,28H,2H2,1H3,(H,25,31)(H,26,27). The van der Waals surface area contributed by atoms with Crippen molar-refractivity contribution in [1.82, 2.24) is 19.7 Å². The highest BCUT2D eigenvalue weighted by Gasteiger charge is 2.24. The third-order valence-corrected chi connectivity index (χ3v) is 6.36. The largest absolute Gasteiger partial charge is 0.463 e. The third kappa shape index (κ3) is 4.35. The van der Waals surface area contributed by atoms with Gasteiger partial charge in [0.05, 0.1) is 23.5 Å². The lowest BCUT2D eigenvalue weighted by Crippen LogP contribution is -2.25. The number of benzene rings is 1. The molecule has 1 amide bonds. The van der Waals surface area contributed by atoms with E-state index in [2.05, 4.69) is 20.4 Å². The van der Waals surface area contributed by atoms with Crippen molar-refractivity contribution in [3.63, 3.8) is 0 Å². The van der Waals surface area contributed by atoms with Crippen molar-refractivity contribution >= 4 is 23.5 Å². The number of furan rings is 2. The highest BCUT2D eigenvalue weighted by molar-refractivity contribution is 8.00. The molecule has 5 rings (SSSR count). The highest BCUT2D eigenvalue weighted by atomic mass is 32.2. The minimum atomic E-state index is -0.455. The quantitative estimate of drug-likeness (QED) is 0.274. The van der Waals surface area contributed by atoms with Crippen LogP contribution in [-0.2, 0) is 4.79 Å². The van der Waals surface area contributed by atoms with E-state index in [1.165, 1.54) is 22.5 Å². The Labute approximate surface area is 198 Å². The Morgan fingerprint density at radius 3 is 2.50 bits per heavy atom. The average molecular weight is 476 g/mol. The van der Waals surface area contributed by atoms with E-state index in [9.17, 15) is 9.59 Å². The zero-order valence-corrected chi connectivity index (χ0v) is 19.0. The van der Waals surface area contributed by atoms with Crippen molar-refractivity contribution in [2.24, 2.45) is 0 Å². The Bertz CT molecular complexity index is 1380. The Morgan fingerprint density at radius 1 is 1.09 bits per heavy atom. The maximum atomic E-state index is 13.0. The van der Waals surface area contributed by atoms with E-state index in [1.807, 2.05) is 37.3 Å². The molecule has 10 heteroatoms. The molecule has 0 fully saturated rings. The van der Waals surface area contributed by atoms with Crippen molar-refractivity contribution in [3.05, 3.63) is 83.5 Å². The number of anilines is 1. The molecule has 172 valence electrons. The predicted octanol–water partition coefficient (Wildman–Crippen LogP) is 4.92. The molecule has 5 aromatic rings. The Hall–Kier alpha value is -4.18. The van der Waals surface area contributed by atoms with E-state index in [0.717, 1.165) is 0 Å². The van der Waals surface area contributed by atoms with Crippen molar-refractivity contribution in [2.75, 3.05) is 5.32 Å². The maximum Gasteiger partial charge on any atom is 0.273 e. The SMILES string of the molecule is CCC(Sc1nc(-c2ccco2)c(-c2ccco2)[nH]1)C(=O)Nc1cc(=O)n(-c2ccccc2)[nH]1. The molecule has 1 unspecified atom stereocenters. The number of para-hydroxylation sites is 1. The molecule has 0 aliphatic carbocycles. The lowest BCUT2D eigenvalue weighted by Gasteiger charge is -2.12. The second kappa shape index (κ2) is 9.36. The summed E-state index contributed by atoms with van der Waals surface area (Å²) in [5.74, 6) is 1.28. The molecule has 0 radical (unpaired) electrons. The molecular weight excluding hydrogens is 454 g/mol. The Balaban J connectivity index is 1.36. The number of carbonyl (C=O) groups is 1. The number of amides is 1. The van der Waals surface area contributed by atoms with Gasteiger partial charge in [-0.15, -0.1) is 0 Å². The molecule has 0 saturated carbocycles. The number of rotatable bonds is 8. The maximum absolute atomic E-state index is 13.0. The fraction of sp³-hybridized carbons (Fsp3) is 0.125. The van der Waals surface area contributed by atoms with Crippen LogP contribution in [-0.4, -0.2) is 30.9 Å². The number of thioether (sulfide) groups is 1. The molecule has 0 spiro atoms. The van der Waals surface area contributed by atoms with Gasteiger partial charge in [-0.05, 0) is 42.8 Å². The first-order valence-corrected chi connectivity index (χ1v) is 11.5. The number of imidazole rings is 1. The van der Waals surface area contributed by atoms with Gasteiger partial charge in [0.2, 0.25) is 5.91 Å². The van der Waals surface area contributed by atoms with Crippen LogP contribution in [0.5, 0.6) is 0 Å². The lowest BCUT2D eigenvalue weighted by atomic mass is 10.2. The molecular formula is C24H21N5O4S. The highest BCUT2D eigenvalue weighted by Crippen LogP contribution is 2.35. The van der Waals surface area contributed by atoms with Crippen LogP contribution in [0.15, 0.2) is 92.0 Å². The van der Waals surface area contributed by atoms with Crippen molar-refractivity contribution in [3.8, 4) is 28.6 Å². The van der Waals surface area contributed by atoms with E-state index in [-0.39, 0.29) is 11.5 Å². The topological polar surface area (TPSA) is 122 Å². The Morgan fingerprint density at radius 2 is 1.82 bits per heavy atom. The van der Waals surface area contributed by atoms with Gasteiger partial charge < -0.3 is 19.1 Å². The number of nitrogens with zero attached hydrogens (tertiary/aromatic N) is 2. The van der Waals surface area contributed by atoms with Gasteiger partial charge in [-0.3, -0.25) is 14.7 Å². The normalized spacial score (nSPS) is 12.0. The molecule has 1 aromatic carbocycles. The van der Waals surface area contributed by atoms with Crippen molar-refractivity contribution in [1.29, 1.82) is 0 Å². The fourth-order valence-electron chi connectivity index (χ4n) is 3.50. The first-order chi connectivity index (χ1) is 16.6. The fourth-order valence-corrected chi connectivity index (χ4v) is 4.40. The molecule has 4 heterocycles. The van der Waals surface area contributed by atoms with Gasteiger partial charge in [0.15, 0.2) is 16.7 Å². The summed E-state index contributed by atoms with van der Waals surface area (Å²) in [6.07, 6.45) is 3.71. The zero-order chi connectivity index (χ0) is 23.5. The van der Waals surface area contributed by atoms with Gasteiger partial charge in [0, 0.05) is 6.07 Å². The number of aromatic amines is 2. The van der Waals surface area contributed by atoms with Crippen LogP contribution in [0.3, 0.4) is 0 Å². The third-order valence-electron chi connectivity index (χ3n) is 5.11. The van der Waals surface area contributed by atoms with Crippen LogP contribution in [0.2, 0.25) is 0 Å². The van der Waals surface area contributed by atoms with Crippen molar-refractivity contribution < 1.29 is 13.6 Å². The summed E-state index contributed by atoms with van der Waals surface area (Å²) in [4.78, 5) is 33.3. The number of aromatic nitrogens is 4. The summed E-state index contributed by atoms with van der Waals surface area (Å²) in [7, 11) is 0. The summed E-state index contributed by atoms with van der Waals surface area (Å²) in [5.41, 5.74) is 1.68. The van der Waals surface area contributed by atoms with Crippen LogP contribution in [0, 0.1) is 0 Å². The summed E-state index contributed by atoms with van der Waals surface area (Å²) < 4.78 is 12.4. The molecule has 0 aliphatic heterocycles. The number of nitrogens with one attached hydrogen (secondary N) is 3. The zero-order valence-electron chi connectivity index (χ0n) is 18.1. The smallest absolute Gasteiger partial charge is 0.273 e. The predicted molar refractivity (Wildman–Crippen MR) is 129 cm³/mol.